The van der Waals surface area contributed by atoms with Crippen LogP contribution < -0.4 is 19.9 Å². The van der Waals surface area contributed by atoms with Crippen LogP contribution >= 0.6 is 0 Å². The number of ether oxygens (including phenoxy) is 3. The molecule has 0 saturated carbocycles. The topological polar surface area (TPSA) is 74.0 Å². The number of benzene rings is 2. The maximum Gasteiger partial charge on any atom is 0.254 e. The molecule has 2 N–H and O–H groups in total. The monoisotopic (exact) mass is 370 g/mol. The number of amides is 1. The number of likely N-dealkylation sites (tertiary alicyclic amines) is 1. The zero-order valence-corrected chi connectivity index (χ0v) is 15.8. The molecule has 1 amide bonds. The fraction of sp³-hybridized carbons (Fsp3) is 0.381. The van der Waals surface area contributed by atoms with Gasteiger partial charge in [0.25, 0.3) is 5.91 Å². The summed E-state index contributed by atoms with van der Waals surface area (Å²) in [6.07, 6.45) is 1.86. The van der Waals surface area contributed by atoms with Crippen LogP contribution in [0.5, 0.6) is 17.2 Å². The van der Waals surface area contributed by atoms with Gasteiger partial charge in [0.05, 0.1) is 14.2 Å². The molecule has 144 valence electrons. The molecule has 1 atom stereocenters. The van der Waals surface area contributed by atoms with Gasteiger partial charge < -0.3 is 24.8 Å². The third-order valence-electron chi connectivity index (χ3n) is 4.68. The second-order valence-electron chi connectivity index (χ2n) is 6.64. The predicted octanol–water partition coefficient (Wildman–Crippen LogP) is 2.85. The molecule has 0 bridgehead atoms. The third kappa shape index (κ3) is 4.52. The number of nitrogens with zero attached hydrogens (tertiary/aromatic N) is 1. The summed E-state index contributed by atoms with van der Waals surface area (Å²) >= 11 is 0. The van der Waals surface area contributed by atoms with Gasteiger partial charge >= 0.3 is 0 Å². The fourth-order valence-corrected chi connectivity index (χ4v) is 3.25. The minimum absolute atomic E-state index is 0.0278. The summed E-state index contributed by atoms with van der Waals surface area (Å²) in [7, 11) is 3.10. The molecular weight excluding hydrogens is 344 g/mol. The number of carbonyl (C=O) groups excluding carboxylic acids is 1. The summed E-state index contributed by atoms with van der Waals surface area (Å²) in [6.45, 7) is 1.65. The highest BCUT2D eigenvalue weighted by Gasteiger charge is 2.25. The molecule has 1 aliphatic rings. The van der Waals surface area contributed by atoms with Crippen LogP contribution in [0.2, 0.25) is 0 Å². The van der Waals surface area contributed by atoms with Gasteiger partial charge in [-0.15, -0.1) is 0 Å². The van der Waals surface area contributed by atoms with Crippen LogP contribution in [0.4, 0.5) is 0 Å². The Bertz CT molecular complexity index is 754. The Morgan fingerprint density at radius 2 is 1.81 bits per heavy atom. The molecule has 0 spiro atoms. The van der Waals surface area contributed by atoms with Gasteiger partial charge in [0.2, 0.25) is 5.75 Å². The van der Waals surface area contributed by atoms with E-state index in [2.05, 4.69) is 0 Å². The molecule has 2 aromatic rings. The van der Waals surface area contributed by atoms with E-state index >= 15 is 0 Å². The largest absolute Gasteiger partial charge is 0.493 e. The molecule has 27 heavy (non-hydrogen) atoms. The van der Waals surface area contributed by atoms with Crippen LogP contribution in [-0.2, 0) is 6.61 Å². The number of nitrogens with two attached hydrogens (primary N) is 1. The molecule has 2 aromatic carbocycles. The minimum Gasteiger partial charge on any atom is -0.493 e. The zero-order chi connectivity index (χ0) is 19.2. The number of hydrogen-bond acceptors (Lipinski definition) is 5. The van der Waals surface area contributed by atoms with Crippen molar-refractivity contribution in [2.75, 3.05) is 27.3 Å². The fourth-order valence-electron chi connectivity index (χ4n) is 3.25. The summed E-state index contributed by atoms with van der Waals surface area (Å²) in [5, 5.41) is 0. The number of rotatable bonds is 6. The van der Waals surface area contributed by atoms with E-state index in [4.69, 9.17) is 19.9 Å². The molecule has 6 nitrogen and oxygen atoms in total. The van der Waals surface area contributed by atoms with Crippen molar-refractivity contribution in [1.29, 1.82) is 0 Å². The quantitative estimate of drug-likeness (QED) is 0.846. The van der Waals surface area contributed by atoms with Gasteiger partial charge in [-0.2, -0.15) is 0 Å². The lowest BCUT2D eigenvalue weighted by Gasteiger charge is -2.31. The van der Waals surface area contributed by atoms with Crippen LogP contribution in [0.1, 0.15) is 28.8 Å². The first-order chi connectivity index (χ1) is 13.1. The molecule has 1 unspecified atom stereocenters. The highest BCUT2D eigenvalue weighted by atomic mass is 16.5. The highest BCUT2D eigenvalue weighted by molar-refractivity contribution is 5.95. The Hall–Kier alpha value is -2.73. The molecule has 1 aliphatic heterocycles. The Morgan fingerprint density at radius 3 is 2.41 bits per heavy atom. The van der Waals surface area contributed by atoms with Gasteiger partial charge in [0.1, 0.15) is 6.61 Å². The van der Waals surface area contributed by atoms with Gasteiger partial charge in [-0.05, 0) is 30.5 Å². The van der Waals surface area contributed by atoms with E-state index in [1.54, 1.807) is 31.3 Å². The molecule has 0 radical (unpaired) electrons. The normalized spacial score (nSPS) is 16.7. The summed E-state index contributed by atoms with van der Waals surface area (Å²) in [6, 6.07) is 13.3. The van der Waals surface area contributed by atoms with E-state index < -0.39 is 0 Å². The predicted molar refractivity (Wildman–Crippen MR) is 103 cm³/mol. The van der Waals surface area contributed by atoms with E-state index in [0.717, 1.165) is 18.4 Å². The molecule has 1 heterocycles. The maximum absolute atomic E-state index is 12.9. The Morgan fingerprint density at radius 1 is 1.15 bits per heavy atom. The summed E-state index contributed by atoms with van der Waals surface area (Å²) in [5.74, 6) is 1.34. The second-order valence-corrected chi connectivity index (χ2v) is 6.64. The van der Waals surface area contributed by atoms with Crippen molar-refractivity contribution < 1.29 is 19.0 Å². The molecule has 3 rings (SSSR count). The standard InChI is InChI=1S/C21H26N2O4/c1-25-18-11-16(21(24)23-10-6-9-17(22)13-23)12-19(26-2)20(18)27-14-15-7-4-3-5-8-15/h3-5,7-8,11-12,17H,6,9-10,13-14,22H2,1-2H3. The van der Waals surface area contributed by atoms with E-state index in [1.807, 2.05) is 30.3 Å². The van der Waals surface area contributed by atoms with E-state index in [0.29, 0.717) is 42.5 Å². The maximum atomic E-state index is 12.9. The van der Waals surface area contributed by atoms with Gasteiger partial charge in [-0.25, -0.2) is 0 Å². The molecular formula is C21H26N2O4. The van der Waals surface area contributed by atoms with Crippen molar-refractivity contribution >= 4 is 5.91 Å². The van der Waals surface area contributed by atoms with Gasteiger partial charge in [-0.3, -0.25) is 4.79 Å². The van der Waals surface area contributed by atoms with Crippen LogP contribution in [0.25, 0.3) is 0 Å². The first kappa shape index (κ1) is 19.0. The van der Waals surface area contributed by atoms with Crippen molar-refractivity contribution in [3.8, 4) is 17.2 Å². The van der Waals surface area contributed by atoms with Crippen LogP contribution in [0.15, 0.2) is 42.5 Å². The van der Waals surface area contributed by atoms with Crippen LogP contribution in [0.3, 0.4) is 0 Å². The lowest BCUT2D eigenvalue weighted by molar-refractivity contribution is 0.0708. The van der Waals surface area contributed by atoms with Crippen molar-refractivity contribution in [2.45, 2.75) is 25.5 Å². The Labute approximate surface area is 159 Å². The van der Waals surface area contributed by atoms with E-state index in [-0.39, 0.29) is 11.9 Å². The number of hydrogen-bond donors (Lipinski definition) is 1. The first-order valence-corrected chi connectivity index (χ1v) is 9.10. The average molecular weight is 370 g/mol. The lowest BCUT2D eigenvalue weighted by atomic mass is 10.0. The Balaban J connectivity index is 1.84. The van der Waals surface area contributed by atoms with E-state index in [9.17, 15) is 4.79 Å². The number of carbonyl (C=O) groups is 1. The van der Waals surface area contributed by atoms with Gasteiger partial charge in [0.15, 0.2) is 11.5 Å². The molecule has 1 fully saturated rings. The summed E-state index contributed by atoms with van der Waals surface area (Å²) in [5.41, 5.74) is 7.54. The van der Waals surface area contributed by atoms with Crippen molar-refractivity contribution in [3.63, 3.8) is 0 Å². The van der Waals surface area contributed by atoms with Crippen molar-refractivity contribution in [2.24, 2.45) is 5.73 Å². The number of methoxy groups -OCH3 is 2. The minimum atomic E-state index is -0.0728. The summed E-state index contributed by atoms with van der Waals surface area (Å²) < 4.78 is 16.9. The second kappa shape index (κ2) is 8.77. The van der Waals surface area contributed by atoms with Gasteiger partial charge in [-0.1, -0.05) is 30.3 Å². The number of piperidine rings is 1. The SMILES string of the molecule is COc1cc(C(=O)N2CCCC(N)C2)cc(OC)c1OCc1ccccc1. The van der Waals surface area contributed by atoms with Gasteiger partial charge in [0, 0.05) is 24.7 Å². The highest BCUT2D eigenvalue weighted by Crippen LogP contribution is 2.39. The average Bonchev–Trinajstić information content (AvgIpc) is 2.71. The van der Waals surface area contributed by atoms with Crippen molar-refractivity contribution in [3.05, 3.63) is 53.6 Å². The third-order valence-corrected chi connectivity index (χ3v) is 4.68. The summed E-state index contributed by atoms with van der Waals surface area (Å²) in [4.78, 5) is 14.7. The smallest absolute Gasteiger partial charge is 0.254 e. The molecule has 0 aromatic heterocycles. The Kier molecular flexibility index (Phi) is 6.19. The van der Waals surface area contributed by atoms with Crippen LogP contribution in [-0.4, -0.2) is 44.2 Å². The molecule has 0 aliphatic carbocycles. The first-order valence-electron chi connectivity index (χ1n) is 9.10. The van der Waals surface area contributed by atoms with Crippen LogP contribution in [0, 0.1) is 0 Å². The van der Waals surface area contributed by atoms with Crippen molar-refractivity contribution in [1.82, 2.24) is 4.90 Å². The lowest BCUT2D eigenvalue weighted by Crippen LogP contribution is -2.45. The van der Waals surface area contributed by atoms with E-state index in [1.165, 1.54) is 0 Å². The molecule has 6 heteroatoms. The molecule has 1 saturated heterocycles. The zero-order valence-electron chi connectivity index (χ0n) is 15.8.